The van der Waals surface area contributed by atoms with Crippen LogP contribution in [0.2, 0.25) is 0 Å². The average molecular weight is 222 g/mol. The highest BCUT2D eigenvalue weighted by molar-refractivity contribution is 7.12. The molecule has 5 heteroatoms. The fourth-order valence-corrected chi connectivity index (χ4v) is 2.11. The highest BCUT2D eigenvalue weighted by Crippen LogP contribution is 2.17. The molecule has 0 aromatic carbocycles. The lowest BCUT2D eigenvalue weighted by atomic mass is 10.3. The SMILES string of the molecule is O=C=NCCc1ccc(CCN=C=O)s1. The second-order valence-electron chi connectivity index (χ2n) is 2.81. The van der Waals surface area contributed by atoms with Gasteiger partial charge in [0.2, 0.25) is 12.2 Å². The van der Waals surface area contributed by atoms with Gasteiger partial charge in [-0.25, -0.2) is 19.6 Å². The van der Waals surface area contributed by atoms with E-state index in [4.69, 9.17) is 0 Å². The molecule has 0 fully saturated rings. The van der Waals surface area contributed by atoms with Gasteiger partial charge in [0.25, 0.3) is 0 Å². The Morgan fingerprint density at radius 3 is 1.87 bits per heavy atom. The summed E-state index contributed by atoms with van der Waals surface area (Å²) < 4.78 is 0. The van der Waals surface area contributed by atoms with Crippen LogP contribution in [0.25, 0.3) is 0 Å². The Morgan fingerprint density at radius 1 is 1.00 bits per heavy atom. The molecule has 1 aromatic rings. The molecule has 0 aliphatic heterocycles. The van der Waals surface area contributed by atoms with E-state index in [1.54, 1.807) is 11.3 Å². The molecule has 0 atom stereocenters. The topological polar surface area (TPSA) is 58.9 Å². The Bertz CT molecular complexity index is 365. The predicted molar refractivity (Wildman–Crippen MR) is 57.7 cm³/mol. The zero-order valence-corrected chi connectivity index (χ0v) is 8.92. The average Bonchev–Trinajstić information content (AvgIpc) is 2.67. The zero-order chi connectivity index (χ0) is 10.9. The van der Waals surface area contributed by atoms with Crippen LogP contribution in [0.3, 0.4) is 0 Å². The third kappa shape index (κ3) is 4.47. The molecular formula is C10H10N2O2S. The molecule has 0 saturated heterocycles. The van der Waals surface area contributed by atoms with Crippen molar-refractivity contribution in [3.8, 4) is 0 Å². The van der Waals surface area contributed by atoms with Crippen LogP contribution < -0.4 is 0 Å². The molecule has 1 rings (SSSR count). The minimum absolute atomic E-state index is 0.482. The first-order valence-corrected chi connectivity index (χ1v) is 5.33. The van der Waals surface area contributed by atoms with Crippen molar-refractivity contribution in [3.05, 3.63) is 21.9 Å². The van der Waals surface area contributed by atoms with Crippen LogP contribution in [0.1, 0.15) is 9.75 Å². The van der Waals surface area contributed by atoms with Crippen molar-refractivity contribution in [3.63, 3.8) is 0 Å². The van der Waals surface area contributed by atoms with Gasteiger partial charge >= 0.3 is 0 Å². The van der Waals surface area contributed by atoms with Gasteiger partial charge in [-0.2, -0.15) is 0 Å². The van der Waals surface area contributed by atoms with E-state index in [0.717, 1.165) is 12.8 Å². The Labute approximate surface area is 91.4 Å². The molecule has 0 bridgehead atoms. The van der Waals surface area contributed by atoms with Gasteiger partial charge in [0.15, 0.2) is 0 Å². The number of isocyanates is 2. The van der Waals surface area contributed by atoms with Gasteiger partial charge in [0.1, 0.15) is 0 Å². The molecule has 0 spiro atoms. The second kappa shape index (κ2) is 6.85. The molecule has 0 N–H and O–H groups in total. The third-order valence-electron chi connectivity index (χ3n) is 1.79. The van der Waals surface area contributed by atoms with E-state index in [-0.39, 0.29) is 0 Å². The van der Waals surface area contributed by atoms with Crippen molar-refractivity contribution in [2.45, 2.75) is 12.8 Å². The van der Waals surface area contributed by atoms with Crippen molar-refractivity contribution in [1.82, 2.24) is 0 Å². The second-order valence-corrected chi connectivity index (χ2v) is 4.07. The number of nitrogens with zero attached hydrogens (tertiary/aromatic N) is 2. The first-order valence-electron chi connectivity index (χ1n) is 4.51. The molecule has 78 valence electrons. The van der Waals surface area contributed by atoms with Gasteiger partial charge in [-0.3, -0.25) is 0 Å². The molecule has 0 saturated carbocycles. The van der Waals surface area contributed by atoms with E-state index in [0.29, 0.717) is 13.1 Å². The lowest BCUT2D eigenvalue weighted by molar-refractivity contribution is 0.562. The molecule has 0 amide bonds. The molecule has 0 unspecified atom stereocenters. The molecular weight excluding hydrogens is 212 g/mol. The Kier molecular flexibility index (Phi) is 5.26. The number of hydrogen-bond acceptors (Lipinski definition) is 5. The minimum Gasteiger partial charge on any atom is -0.211 e. The number of thiophene rings is 1. The molecule has 0 radical (unpaired) electrons. The van der Waals surface area contributed by atoms with E-state index < -0.39 is 0 Å². The summed E-state index contributed by atoms with van der Waals surface area (Å²) >= 11 is 1.65. The molecule has 1 aromatic heterocycles. The minimum atomic E-state index is 0.482. The maximum absolute atomic E-state index is 9.84. The van der Waals surface area contributed by atoms with E-state index in [1.165, 1.54) is 21.9 Å². The van der Waals surface area contributed by atoms with Gasteiger partial charge < -0.3 is 0 Å². The summed E-state index contributed by atoms with van der Waals surface area (Å²) in [5.74, 6) is 0. The van der Waals surface area contributed by atoms with Crippen molar-refractivity contribution in [2.24, 2.45) is 9.98 Å². The molecule has 4 nitrogen and oxygen atoms in total. The summed E-state index contributed by atoms with van der Waals surface area (Å²) in [6, 6.07) is 4.01. The number of aliphatic imine (C=N–C) groups is 2. The molecule has 15 heavy (non-hydrogen) atoms. The lowest BCUT2D eigenvalue weighted by Crippen LogP contribution is -1.85. The van der Waals surface area contributed by atoms with Crippen molar-refractivity contribution < 1.29 is 9.59 Å². The molecule has 0 aliphatic rings. The normalized spacial score (nSPS) is 9.07. The number of hydrogen-bond donors (Lipinski definition) is 0. The smallest absolute Gasteiger partial charge is 0.211 e. The van der Waals surface area contributed by atoms with Crippen LogP contribution in [0, 0.1) is 0 Å². The van der Waals surface area contributed by atoms with Crippen LogP contribution >= 0.6 is 11.3 Å². The van der Waals surface area contributed by atoms with Gasteiger partial charge in [-0.15, -0.1) is 11.3 Å². The summed E-state index contributed by atoms with van der Waals surface area (Å²) in [5, 5.41) is 0. The maximum Gasteiger partial charge on any atom is 0.234 e. The monoisotopic (exact) mass is 222 g/mol. The van der Waals surface area contributed by atoms with Gasteiger partial charge in [-0.1, -0.05) is 0 Å². The summed E-state index contributed by atoms with van der Waals surface area (Å²) in [7, 11) is 0. The van der Waals surface area contributed by atoms with Crippen LogP contribution in [0.15, 0.2) is 22.1 Å². The van der Waals surface area contributed by atoms with Crippen molar-refractivity contribution >= 4 is 23.5 Å². The largest absolute Gasteiger partial charge is 0.234 e. The quantitative estimate of drug-likeness (QED) is 0.541. The van der Waals surface area contributed by atoms with Crippen LogP contribution in [0.4, 0.5) is 0 Å². The van der Waals surface area contributed by atoms with E-state index >= 15 is 0 Å². The fraction of sp³-hybridized carbons (Fsp3) is 0.400. The Morgan fingerprint density at radius 2 is 1.47 bits per heavy atom. The van der Waals surface area contributed by atoms with Crippen molar-refractivity contribution in [1.29, 1.82) is 0 Å². The van der Waals surface area contributed by atoms with Crippen LogP contribution in [0.5, 0.6) is 0 Å². The highest BCUT2D eigenvalue weighted by Gasteiger charge is 1.99. The number of carbonyl (C=O) groups excluding carboxylic acids is 2. The van der Waals surface area contributed by atoms with Gasteiger partial charge in [0, 0.05) is 22.6 Å². The first kappa shape index (κ1) is 11.5. The van der Waals surface area contributed by atoms with E-state index in [1.807, 2.05) is 12.1 Å². The maximum atomic E-state index is 9.84. The highest BCUT2D eigenvalue weighted by atomic mass is 32.1. The Hall–Kier alpha value is -1.54. The summed E-state index contributed by atoms with van der Waals surface area (Å²) in [6.45, 7) is 0.964. The van der Waals surface area contributed by atoms with Gasteiger partial charge in [0.05, 0.1) is 13.1 Å². The van der Waals surface area contributed by atoms with Gasteiger partial charge in [-0.05, 0) is 12.1 Å². The standard InChI is InChI=1S/C10H10N2O2S/c13-7-11-5-3-9-1-2-10(15-9)4-6-12-8-14/h1-2H,3-6H2. The number of rotatable bonds is 6. The predicted octanol–water partition coefficient (Wildman–Crippen LogP) is 1.50. The first-order chi connectivity index (χ1) is 7.36. The summed E-state index contributed by atoms with van der Waals surface area (Å²) in [5.41, 5.74) is 0. The molecule has 0 aliphatic carbocycles. The fourth-order valence-electron chi connectivity index (χ4n) is 1.11. The van der Waals surface area contributed by atoms with Crippen LogP contribution in [-0.2, 0) is 22.4 Å². The summed E-state index contributed by atoms with van der Waals surface area (Å²) in [4.78, 5) is 29.0. The molecule has 1 heterocycles. The third-order valence-corrected chi connectivity index (χ3v) is 2.99. The van der Waals surface area contributed by atoms with E-state index in [9.17, 15) is 9.59 Å². The summed E-state index contributed by atoms with van der Waals surface area (Å²) in [6.07, 6.45) is 4.54. The lowest BCUT2D eigenvalue weighted by Gasteiger charge is -1.90. The zero-order valence-electron chi connectivity index (χ0n) is 8.10. The van der Waals surface area contributed by atoms with E-state index in [2.05, 4.69) is 9.98 Å². The van der Waals surface area contributed by atoms with Crippen LogP contribution in [-0.4, -0.2) is 25.2 Å². The Balaban J connectivity index is 2.41. The van der Waals surface area contributed by atoms with Crippen molar-refractivity contribution in [2.75, 3.05) is 13.1 Å².